The fourth-order valence-electron chi connectivity index (χ4n) is 2.26. The van der Waals surface area contributed by atoms with Crippen molar-refractivity contribution >= 4 is 0 Å². The second-order valence-electron chi connectivity index (χ2n) is 4.26. The number of aromatic nitrogens is 1. The molecule has 0 bridgehead atoms. The normalized spacial score (nSPS) is 14.4. The maximum atomic E-state index is 9.93. The number of hydrogen-bond acceptors (Lipinski definition) is 3. The lowest BCUT2D eigenvalue weighted by molar-refractivity contribution is 0.227. The number of aliphatic hydroxyl groups excluding tert-OH is 1. The van der Waals surface area contributed by atoms with E-state index in [2.05, 4.69) is 0 Å². The highest BCUT2D eigenvalue weighted by atomic mass is 16.3. The van der Waals surface area contributed by atoms with Gasteiger partial charge in [-0.15, -0.1) is 0 Å². The Labute approximate surface area is 98.4 Å². The van der Waals surface area contributed by atoms with Crippen molar-refractivity contribution in [2.24, 2.45) is 0 Å². The minimum atomic E-state index is -0.441. The van der Waals surface area contributed by atoms with E-state index in [0.717, 1.165) is 16.7 Å². The molecule has 2 aromatic rings. The predicted molar refractivity (Wildman–Crippen MR) is 62.2 cm³/mol. The van der Waals surface area contributed by atoms with Gasteiger partial charge in [0.15, 0.2) is 11.8 Å². The molecule has 3 N–H and O–H groups in total. The first-order valence-corrected chi connectivity index (χ1v) is 5.53. The lowest BCUT2D eigenvalue weighted by Gasteiger charge is -2.19. The smallest absolute Gasteiger partial charge is 0.198 e. The minimum Gasteiger partial charge on any atom is -0.494 e. The van der Waals surface area contributed by atoms with E-state index in [1.807, 2.05) is 30.3 Å². The summed E-state index contributed by atoms with van der Waals surface area (Å²) >= 11 is 0. The van der Waals surface area contributed by atoms with Gasteiger partial charge in [0.05, 0.1) is 12.6 Å². The highest BCUT2D eigenvalue weighted by Gasteiger charge is 2.35. The van der Waals surface area contributed by atoms with Crippen molar-refractivity contribution in [3.05, 3.63) is 47.0 Å². The van der Waals surface area contributed by atoms with E-state index in [0.29, 0.717) is 6.42 Å². The summed E-state index contributed by atoms with van der Waals surface area (Å²) in [7, 11) is 0. The van der Waals surface area contributed by atoms with Crippen molar-refractivity contribution in [3.63, 3.8) is 0 Å². The Balaban J connectivity index is 2.08. The van der Waals surface area contributed by atoms with E-state index in [1.165, 1.54) is 4.57 Å². The van der Waals surface area contributed by atoms with Gasteiger partial charge >= 0.3 is 0 Å². The SMILES string of the molecule is OCC(c1ccccc1)n1c(O)c2c(c1O)C2. The van der Waals surface area contributed by atoms with Crippen LogP contribution in [0.15, 0.2) is 30.3 Å². The molecule has 1 atom stereocenters. The number of rotatable bonds is 3. The molecule has 1 aliphatic carbocycles. The molecule has 1 unspecified atom stereocenters. The highest BCUT2D eigenvalue weighted by Crippen LogP contribution is 2.48. The van der Waals surface area contributed by atoms with Gasteiger partial charge in [-0.1, -0.05) is 30.3 Å². The van der Waals surface area contributed by atoms with E-state index in [9.17, 15) is 15.3 Å². The number of nitrogens with zero attached hydrogens (tertiary/aromatic N) is 1. The third kappa shape index (κ3) is 1.41. The van der Waals surface area contributed by atoms with Gasteiger partial charge in [0.2, 0.25) is 0 Å². The molecule has 1 aromatic heterocycles. The summed E-state index contributed by atoms with van der Waals surface area (Å²) in [5.74, 6) is 0.140. The van der Waals surface area contributed by atoms with Crippen LogP contribution < -0.4 is 0 Å². The molecule has 3 rings (SSSR count). The molecule has 0 saturated heterocycles. The molecule has 1 aromatic carbocycles. The molecule has 1 aliphatic rings. The molecule has 0 aliphatic heterocycles. The van der Waals surface area contributed by atoms with Crippen LogP contribution in [0.25, 0.3) is 0 Å². The molecule has 0 fully saturated rings. The number of fused-ring (bicyclic) bond motifs is 1. The van der Waals surface area contributed by atoms with E-state index >= 15 is 0 Å². The van der Waals surface area contributed by atoms with Crippen molar-refractivity contribution in [3.8, 4) is 11.8 Å². The van der Waals surface area contributed by atoms with Crippen LogP contribution in [-0.2, 0) is 6.42 Å². The fourth-order valence-corrected chi connectivity index (χ4v) is 2.26. The van der Waals surface area contributed by atoms with Crippen LogP contribution in [0.2, 0.25) is 0 Å². The fraction of sp³-hybridized carbons (Fsp3) is 0.231. The quantitative estimate of drug-likeness (QED) is 0.638. The Morgan fingerprint density at radius 2 is 1.65 bits per heavy atom. The Kier molecular flexibility index (Phi) is 2.12. The summed E-state index contributed by atoms with van der Waals surface area (Å²) in [5.41, 5.74) is 2.43. The molecule has 17 heavy (non-hydrogen) atoms. The average Bonchev–Trinajstić information content (AvgIpc) is 3.11. The van der Waals surface area contributed by atoms with Gasteiger partial charge in [-0.3, -0.25) is 4.57 Å². The summed E-state index contributed by atoms with van der Waals surface area (Å²) in [6, 6.07) is 8.90. The Morgan fingerprint density at radius 3 is 2.18 bits per heavy atom. The summed E-state index contributed by atoms with van der Waals surface area (Å²) in [6.07, 6.45) is 0.654. The molecule has 4 nitrogen and oxygen atoms in total. The molecule has 4 heteroatoms. The summed E-state index contributed by atoms with van der Waals surface area (Å²) in [4.78, 5) is 0. The molecule has 0 radical (unpaired) electrons. The van der Waals surface area contributed by atoms with Crippen LogP contribution in [0.5, 0.6) is 11.8 Å². The Bertz CT molecular complexity index is 534. The van der Waals surface area contributed by atoms with Crippen LogP contribution in [0, 0.1) is 0 Å². The van der Waals surface area contributed by atoms with E-state index in [4.69, 9.17) is 0 Å². The zero-order chi connectivity index (χ0) is 12.0. The second-order valence-corrected chi connectivity index (χ2v) is 4.26. The summed E-state index contributed by atoms with van der Waals surface area (Å²) in [6.45, 7) is -0.168. The molecular formula is C13H13NO3. The van der Waals surface area contributed by atoms with Crippen LogP contribution in [-0.4, -0.2) is 26.5 Å². The van der Waals surface area contributed by atoms with Gasteiger partial charge in [-0.05, 0) is 5.56 Å². The van der Waals surface area contributed by atoms with Crippen molar-refractivity contribution in [1.29, 1.82) is 0 Å². The number of aromatic hydroxyl groups is 2. The van der Waals surface area contributed by atoms with Crippen molar-refractivity contribution in [2.45, 2.75) is 12.5 Å². The third-order valence-corrected chi connectivity index (χ3v) is 3.26. The van der Waals surface area contributed by atoms with E-state index in [-0.39, 0.29) is 18.4 Å². The zero-order valence-electron chi connectivity index (χ0n) is 9.17. The largest absolute Gasteiger partial charge is 0.494 e. The van der Waals surface area contributed by atoms with Gasteiger partial charge in [-0.2, -0.15) is 0 Å². The first-order chi connectivity index (χ1) is 8.24. The standard InChI is InChI=1S/C13H13NO3/c15-7-11(8-4-2-1-3-5-8)14-12(16)9-6-10(9)13(14)17/h1-5,11,15-17H,6-7H2. The van der Waals surface area contributed by atoms with Crippen LogP contribution >= 0.6 is 0 Å². The van der Waals surface area contributed by atoms with Crippen molar-refractivity contribution in [1.82, 2.24) is 4.57 Å². The van der Waals surface area contributed by atoms with Gasteiger partial charge in [-0.25, -0.2) is 0 Å². The highest BCUT2D eigenvalue weighted by molar-refractivity contribution is 5.60. The Morgan fingerprint density at radius 1 is 1.06 bits per heavy atom. The maximum Gasteiger partial charge on any atom is 0.198 e. The van der Waals surface area contributed by atoms with Gasteiger partial charge < -0.3 is 15.3 Å². The predicted octanol–water partition coefficient (Wildman–Crippen LogP) is 1.39. The molecule has 0 spiro atoms. The zero-order valence-corrected chi connectivity index (χ0v) is 9.17. The first-order valence-electron chi connectivity index (χ1n) is 5.53. The molecule has 88 valence electrons. The number of benzene rings is 1. The maximum absolute atomic E-state index is 9.93. The molecular weight excluding hydrogens is 218 g/mol. The lowest BCUT2D eigenvalue weighted by atomic mass is 10.1. The van der Waals surface area contributed by atoms with Crippen LogP contribution in [0.3, 0.4) is 0 Å². The molecule has 0 saturated carbocycles. The summed E-state index contributed by atoms with van der Waals surface area (Å²) in [5, 5.41) is 29.3. The molecule has 0 amide bonds. The van der Waals surface area contributed by atoms with Gasteiger partial charge in [0.1, 0.15) is 0 Å². The number of aliphatic hydroxyl groups is 1. The van der Waals surface area contributed by atoms with Gasteiger partial charge in [0, 0.05) is 17.5 Å². The third-order valence-electron chi connectivity index (χ3n) is 3.26. The first kappa shape index (κ1) is 10.2. The van der Waals surface area contributed by atoms with Crippen LogP contribution in [0.1, 0.15) is 22.7 Å². The van der Waals surface area contributed by atoms with E-state index in [1.54, 1.807) is 0 Å². The topological polar surface area (TPSA) is 65.6 Å². The number of hydrogen-bond donors (Lipinski definition) is 3. The monoisotopic (exact) mass is 231 g/mol. The lowest BCUT2D eigenvalue weighted by Crippen LogP contribution is -2.14. The van der Waals surface area contributed by atoms with Crippen molar-refractivity contribution in [2.75, 3.05) is 6.61 Å². The van der Waals surface area contributed by atoms with E-state index < -0.39 is 6.04 Å². The van der Waals surface area contributed by atoms with Gasteiger partial charge in [0.25, 0.3) is 0 Å². The summed E-state index contributed by atoms with van der Waals surface area (Å²) < 4.78 is 1.39. The van der Waals surface area contributed by atoms with Crippen LogP contribution in [0.4, 0.5) is 0 Å². The van der Waals surface area contributed by atoms with Crippen molar-refractivity contribution < 1.29 is 15.3 Å². The Hall–Kier alpha value is -1.94. The minimum absolute atomic E-state index is 0.0698. The molecule has 1 heterocycles. The average molecular weight is 231 g/mol. The second kappa shape index (κ2) is 3.53.